The van der Waals surface area contributed by atoms with Gasteiger partial charge in [-0.3, -0.25) is 4.79 Å². The Morgan fingerprint density at radius 2 is 1.82 bits per heavy atom. The van der Waals surface area contributed by atoms with E-state index in [2.05, 4.69) is 5.32 Å². The van der Waals surface area contributed by atoms with E-state index >= 15 is 0 Å². The standard InChI is InChI=1S/C20H25FN2O4S/c1-5-27-18-11-10-17(13-19(18)28(25,26)23(3)4)22-20(24)12-14(2)15-6-8-16(21)9-7-15/h6-11,13-14H,5,12H2,1-4H3,(H,22,24). The topological polar surface area (TPSA) is 75.7 Å². The maximum absolute atomic E-state index is 13.0. The van der Waals surface area contributed by atoms with Crippen molar-refractivity contribution >= 4 is 21.6 Å². The number of carbonyl (C=O) groups is 1. The lowest BCUT2D eigenvalue weighted by Crippen LogP contribution is -2.23. The number of anilines is 1. The molecule has 6 nitrogen and oxygen atoms in total. The van der Waals surface area contributed by atoms with Crippen LogP contribution < -0.4 is 10.1 Å². The summed E-state index contributed by atoms with van der Waals surface area (Å²) in [4.78, 5) is 12.4. The van der Waals surface area contributed by atoms with Gasteiger partial charge in [-0.25, -0.2) is 17.1 Å². The zero-order valence-electron chi connectivity index (χ0n) is 16.4. The Kier molecular flexibility index (Phi) is 7.15. The second-order valence-corrected chi connectivity index (χ2v) is 8.71. The highest BCUT2D eigenvalue weighted by Gasteiger charge is 2.23. The number of hydrogen-bond acceptors (Lipinski definition) is 4. The van der Waals surface area contributed by atoms with E-state index in [0.29, 0.717) is 12.3 Å². The Hall–Kier alpha value is -2.45. The number of rotatable bonds is 8. The van der Waals surface area contributed by atoms with Crippen LogP contribution in [0.1, 0.15) is 31.7 Å². The summed E-state index contributed by atoms with van der Waals surface area (Å²) in [6.45, 7) is 3.95. The van der Waals surface area contributed by atoms with Crippen LogP contribution in [-0.4, -0.2) is 39.3 Å². The van der Waals surface area contributed by atoms with Crippen LogP contribution >= 0.6 is 0 Å². The lowest BCUT2D eigenvalue weighted by Gasteiger charge is -2.17. The minimum Gasteiger partial charge on any atom is -0.492 e. The zero-order chi connectivity index (χ0) is 20.9. The summed E-state index contributed by atoms with van der Waals surface area (Å²) in [6.07, 6.45) is 0.175. The van der Waals surface area contributed by atoms with E-state index in [1.807, 2.05) is 6.92 Å². The van der Waals surface area contributed by atoms with E-state index in [-0.39, 0.29) is 34.7 Å². The molecule has 0 heterocycles. The van der Waals surface area contributed by atoms with E-state index in [0.717, 1.165) is 9.87 Å². The third kappa shape index (κ3) is 5.30. The summed E-state index contributed by atoms with van der Waals surface area (Å²) in [6, 6.07) is 10.5. The number of amides is 1. The normalized spacial score (nSPS) is 12.6. The Bertz CT molecular complexity index is 928. The first-order valence-corrected chi connectivity index (χ1v) is 10.3. The predicted molar refractivity (Wildman–Crippen MR) is 107 cm³/mol. The molecule has 0 saturated heterocycles. The molecule has 0 radical (unpaired) electrons. The SMILES string of the molecule is CCOc1ccc(NC(=O)CC(C)c2ccc(F)cc2)cc1S(=O)(=O)N(C)C. The highest BCUT2D eigenvalue weighted by Crippen LogP contribution is 2.29. The Morgan fingerprint density at radius 3 is 2.39 bits per heavy atom. The van der Waals surface area contributed by atoms with Crippen LogP contribution in [0.25, 0.3) is 0 Å². The van der Waals surface area contributed by atoms with Gasteiger partial charge < -0.3 is 10.1 Å². The summed E-state index contributed by atoms with van der Waals surface area (Å²) >= 11 is 0. The second-order valence-electron chi connectivity index (χ2n) is 6.59. The van der Waals surface area contributed by atoms with Crippen molar-refractivity contribution in [3.63, 3.8) is 0 Å². The van der Waals surface area contributed by atoms with Crippen LogP contribution in [0.15, 0.2) is 47.4 Å². The van der Waals surface area contributed by atoms with Crippen molar-refractivity contribution in [2.45, 2.75) is 31.1 Å². The predicted octanol–water partition coefficient (Wildman–Crippen LogP) is 3.61. The molecule has 8 heteroatoms. The monoisotopic (exact) mass is 408 g/mol. The summed E-state index contributed by atoms with van der Waals surface area (Å²) < 4.78 is 44.7. The van der Waals surface area contributed by atoms with Gasteiger partial charge in [0.1, 0.15) is 16.5 Å². The largest absolute Gasteiger partial charge is 0.492 e. The number of hydrogen-bond donors (Lipinski definition) is 1. The number of halogens is 1. The van der Waals surface area contributed by atoms with E-state index in [4.69, 9.17) is 4.74 Å². The molecule has 0 bridgehead atoms. The van der Waals surface area contributed by atoms with Crippen LogP contribution in [0, 0.1) is 5.82 Å². The molecule has 28 heavy (non-hydrogen) atoms. The summed E-state index contributed by atoms with van der Waals surface area (Å²) in [5, 5.41) is 2.72. The van der Waals surface area contributed by atoms with Crippen LogP contribution in [-0.2, 0) is 14.8 Å². The van der Waals surface area contributed by atoms with Crippen molar-refractivity contribution in [2.24, 2.45) is 0 Å². The fraction of sp³-hybridized carbons (Fsp3) is 0.350. The number of nitrogens with zero attached hydrogens (tertiary/aromatic N) is 1. The molecule has 0 spiro atoms. The van der Waals surface area contributed by atoms with E-state index < -0.39 is 10.0 Å². The van der Waals surface area contributed by atoms with Gasteiger partial charge in [0.25, 0.3) is 0 Å². The summed E-state index contributed by atoms with van der Waals surface area (Å²) in [7, 11) is -0.874. The van der Waals surface area contributed by atoms with Gasteiger partial charge in [0.05, 0.1) is 6.61 Å². The molecule has 0 aliphatic rings. The van der Waals surface area contributed by atoms with Crippen LogP contribution in [0.2, 0.25) is 0 Å². The van der Waals surface area contributed by atoms with E-state index in [1.54, 1.807) is 25.1 Å². The van der Waals surface area contributed by atoms with Crippen LogP contribution in [0.5, 0.6) is 5.75 Å². The minimum atomic E-state index is -3.74. The van der Waals surface area contributed by atoms with E-state index in [1.165, 1.54) is 38.4 Å². The Labute approximate surface area is 165 Å². The van der Waals surface area contributed by atoms with Crippen molar-refractivity contribution in [1.82, 2.24) is 4.31 Å². The minimum absolute atomic E-state index is 0.0104. The third-order valence-electron chi connectivity index (χ3n) is 4.22. The molecule has 0 aliphatic heterocycles. The molecule has 1 N–H and O–H groups in total. The number of sulfonamides is 1. The first-order chi connectivity index (χ1) is 13.1. The number of carbonyl (C=O) groups excluding carboxylic acids is 1. The van der Waals surface area contributed by atoms with Crippen molar-refractivity contribution in [2.75, 3.05) is 26.0 Å². The molecule has 0 saturated carbocycles. The van der Waals surface area contributed by atoms with Gasteiger partial charge in [-0.15, -0.1) is 0 Å². The lowest BCUT2D eigenvalue weighted by atomic mass is 9.97. The Balaban J connectivity index is 2.19. The van der Waals surface area contributed by atoms with Gasteiger partial charge in [0.15, 0.2) is 0 Å². The highest BCUT2D eigenvalue weighted by molar-refractivity contribution is 7.89. The molecule has 1 atom stereocenters. The average molecular weight is 408 g/mol. The summed E-state index contributed by atoms with van der Waals surface area (Å²) in [5.41, 5.74) is 1.21. The smallest absolute Gasteiger partial charge is 0.246 e. The highest BCUT2D eigenvalue weighted by atomic mass is 32.2. The first-order valence-electron chi connectivity index (χ1n) is 8.89. The average Bonchev–Trinajstić information content (AvgIpc) is 2.63. The van der Waals surface area contributed by atoms with Gasteiger partial charge >= 0.3 is 0 Å². The molecule has 0 aromatic heterocycles. The van der Waals surface area contributed by atoms with Gasteiger partial charge in [-0.05, 0) is 48.7 Å². The molecule has 152 valence electrons. The van der Waals surface area contributed by atoms with E-state index in [9.17, 15) is 17.6 Å². The first kappa shape index (κ1) is 21.8. The fourth-order valence-electron chi connectivity index (χ4n) is 2.66. The van der Waals surface area contributed by atoms with Crippen molar-refractivity contribution in [3.8, 4) is 5.75 Å². The molecule has 2 rings (SSSR count). The van der Waals surface area contributed by atoms with Gasteiger partial charge in [0.2, 0.25) is 15.9 Å². The summed E-state index contributed by atoms with van der Waals surface area (Å²) in [5.74, 6) is -0.485. The van der Waals surface area contributed by atoms with Crippen LogP contribution in [0.3, 0.4) is 0 Å². The van der Waals surface area contributed by atoms with Crippen molar-refractivity contribution in [3.05, 3.63) is 53.8 Å². The maximum atomic E-state index is 13.0. The number of benzene rings is 2. The molecule has 2 aromatic carbocycles. The van der Waals surface area contributed by atoms with Crippen LogP contribution in [0.4, 0.5) is 10.1 Å². The fourth-order valence-corrected chi connectivity index (χ4v) is 3.71. The molecular formula is C20H25FN2O4S. The maximum Gasteiger partial charge on any atom is 0.246 e. The molecule has 1 unspecified atom stereocenters. The van der Waals surface area contributed by atoms with Gasteiger partial charge in [-0.2, -0.15) is 0 Å². The zero-order valence-corrected chi connectivity index (χ0v) is 17.2. The third-order valence-corrected chi connectivity index (χ3v) is 6.05. The van der Waals surface area contributed by atoms with Crippen molar-refractivity contribution < 1.29 is 22.3 Å². The Morgan fingerprint density at radius 1 is 1.18 bits per heavy atom. The molecule has 2 aromatic rings. The molecule has 1 amide bonds. The lowest BCUT2D eigenvalue weighted by molar-refractivity contribution is -0.116. The van der Waals surface area contributed by atoms with Gasteiger partial charge in [-0.1, -0.05) is 19.1 Å². The quantitative estimate of drug-likeness (QED) is 0.724. The van der Waals surface area contributed by atoms with Gasteiger partial charge in [0, 0.05) is 26.2 Å². The number of nitrogens with one attached hydrogen (secondary N) is 1. The molecule has 0 aliphatic carbocycles. The molecular weight excluding hydrogens is 383 g/mol. The number of ether oxygens (including phenoxy) is 1. The second kappa shape index (κ2) is 9.16. The van der Waals surface area contributed by atoms with Crippen molar-refractivity contribution in [1.29, 1.82) is 0 Å². The molecule has 0 fully saturated rings.